The molecule has 0 fully saturated rings. The number of fused-ring (bicyclic) bond motifs is 1. The molecule has 4 aromatic rings. The van der Waals surface area contributed by atoms with Crippen molar-refractivity contribution in [2.75, 3.05) is 5.43 Å². The molecule has 7 nitrogen and oxygen atoms in total. The molecule has 0 radical (unpaired) electrons. The first-order valence-corrected chi connectivity index (χ1v) is 14.2. The van der Waals surface area contributed by atoms with Crippen LogP contribution in [0.4, 0.5) is 5.69 Å². The van der Waals surface area contributed by atoms with Crippen LogP contribution in [-0.4, -0.2) is 19.3 Å². The van der Waals surface area contributed by atoms with Gasteiger partial charge in [0.15, 0.2) is 0 Å². The Balaban J connectivity index is 1.22. The molecule has 1 amide bonds. The van der Waals surface area contributed by atoms with Crippen molar-refractivity contribution in [1.82, 2.24) is 15.7 Å². The van der Waals surface area contributed by atoms with Crippen molar-refractivity contribution in [3.8, 4) is 0 Å². The number of rotatable bonds is 8. The van der Waals surface area contributed by atoms with Gasteiger partial charge in [0.2, 0.25) is 9.84 Å². The van der Waals surface area contributed by atoms with Crippen molar-refractivity contribution >= 4 is 42.9 Å². The molecule has 9 heteroatoms. The summed E-state index contributed by atoms with van der Waals surface area (Å²) in [6.45, 7) is 0.293. The third kappa shape index (κ3) is 5.90. The number of anilines is 1. The second kappa shape index (κ2) is 11.0. The predicted octanol–water partition coefficient (Wildman–Crippen LogP) is 5.60. The van der Waals surface area contributed by atoms with E-state index in [2.05, 4.69) is 27.2 Å². The highest BCUT2D eigenvalue weighted by atomic mass is 32.2. The number of hydrogen-bond acceptors (Lipinski definition) is 7. The largest absolute Gasteiger partial charge is 0.347 e. The molecule has 2 heterocycles. The first-order valence-electron chi connectivity index (χ1n) is 11.9. The number of thiophene rings is 1. The molecular weight excluding hydrogens is 504 g/mol. The Morgan fingerprint density at radius 2 is 1.86 bits per heavy atom. The highest BCUT2D eigenvalue weighted by Crippen LogP contribution is 2.25. The second-order valence-electron chi connectivity index (χ2n) is 8.64. The van der Waals surface area contributed by atoms with Gasteiger partial charge in [-0.3, -0.25) is 9.78 Å². The number of amides is 1. The van der Waals surface area contributed by atoms with Crippen molar-refractivity contribution in [2.24, 2.45) is 0 Å². The van der Waals surface area contributed by atoms with Gasteiger partial charge in [0.25, 0.3) is 5.91 Å². The summed E-state index contributed by atoms with van der Waals surface area (Å²) in [4.78, 5) is 17.7. The molecule has 0 saturated carbocycles. The number of allylic oxidation sites excluding steroid dienone is 4. The van der Waals surface area contributed by atoms with Crippen LogP contribution in [0, 0.1) is 0 Å². The summed E-state index contributed by atoms with van der Waals surface area (Å²) in [6, 6.07) is 17.0. The Hall–Kier alpha value is -3.95. The van der Waals surface area contributed by atoms with E-state index in [1.807, 2.05) is 30.4 Å². The van der Waals surface area contributed by atoms with Gasteiger partial charge >= 0.3 is 0 Å². The fraction of sp³-hybridized carbons (Fsp3) is 0.143. The van der Waals surface area contributed by atoms with Crippen molar-refractivity contribution in [3.05, 3.63) is 107 Å². The van der Waals surface area contributed by atoms with Gasteiger partial charge in [-0.05, 0) is 78.8 Å². The summed E-state index contributed by atoms with van der Waals surface area (Å²) in [7, 11) is -3.70. The zero-order valence-corrected chi connectivity index (χ0v) is 21.6. The Morgan fingerprint density at radius 3 is 2.70 bits per heavy atom. The van der Waals surface area contributed by atoms with Gasteiger partial charge in [0, 0.05) is 24.6 Å². The third-order valence-electron chi connectivity index (χ3n) is 6.00. The number of nitrogens with one attached hydrogen (secondary N) is 3. The van der Waals surface area contributed by atoms with E-state index in [1.54, 1.807) is 54.9 Å². The molecule has 1 aliphatic rings. The molecule has 37 heavy (non-hydrogen) atoms. The lowest BCUT2D eigenvalue weighted by Crippen LogP contribution is -2.21. The molecule has 0 saturated heterocycles. The molecule has 0 unspecified atom stereocenters. The lowest BCUT2D eigenvalue weighted by atomic mass is 10.2. The maximum absolute atomic E-state index is 13.2. The fourth-order valence-electron chi connectivity index (χ4n) is 3.96. The van der Waals surface area contributed by atoms with Gasteiger partial charge in [0.05, 0.1) is 25.1 Å². The van der Waals surface area contributed by atoms with Gasteiger partial charge in [-0.1, -0.05) is 30.4 Å². The zero-order chi connectivity index (χ0) is 25.7. The second-order valence-corrected chi connectivity index (χ2v) is 11.7. The summed E-state index contributed by atoms with van der Waals surface area (Å²) >= 11 is 1.39. The average Bonchev–Trinajstić information content (AvgIpc) is 3.19. The van der Waals surface area contributed by atoms with E-state index < -0.39 is 9.84 Å². The van der Waals surface area contributed by atoms with Crippen LogP contribution in [-0.2, 0) is 16.4 Å². The summed E-state index contributed by atoms with van der Waals surface area (Å²) < 4.78 is 27.4. The van der Waals surface area contributed by atoms with E-state index in [0.29, 0.717) is 17.1 Å². The lowest BCUT2D eigenvalue weighted by molar-refractivity contribution is 0.0955. The Bertz CT molecular complexity index is 1560. The van der Waals surface area contributed by atoms with E-state index in [-0.39, 0.29) is 15.7 Å². The van der Waals surface area contributed by atoms with E-state index in [0.717, 1.165) is 40.6 Å². The van der Waals surface area contributed by atoms with Gasteiger partial charge < -0.3 is 16.2 Å². The quantitative estimate of drug-likeness (QED) is 0.257. The van der Waals surface area contributed by atoms with Gasteiger partial charge in [0.1, 0.15) is 0 Å². The molecule has 0 aliphatic heterocycles. The smallest absolute Gasteiger partial charge is 0.261 e. The van der Waals surface area contributed by atoms with Gasteiger partial charge in [-0.25, -0.2) is 8.42 Å². The van der Waals surface area contributed by atoms with E-state index in [9.17, 15) is 13.2 Å². The van der Waals surface area contributed by atoms with E-state index in [1.165, 1.54) is 11.3 Å². The molecule has 0 atom stereocenters. The molecule has 1 aliphatic carbocycles. The number of aromatic nitrogens is 1. The molecule has 2 aromatic heterocycles. The van der Waals surface area contributed by atoms with Crippen LogP contribution in [0.15, 0.2) is 107 Å². The number of carbonyl (C=O) groups excluding carboxylic acids is 1. The van der Waals surface area contributed by atoms with Crippen molar-refractivity contribution in [1.29, 1.82) is 0 Å². The van der Waals surface area contributed by atoms with Crippen molar-refractivity contribution < 1.29 is 13.2 Å². The first kappa shape index (κ1) is 24.7. The molecule has 5 rings (SSSR count). The van der Waals surface area contributed by atoms with E-state index >= 15 is 0 Å². The van der Waals surface area contributed by atoms with Gasteiger partial charge in [-0.15, -0.1) is 11.3 Å². The third-order valence-corrected chi connectivity index (χ3v) is 8.85. The number of benzene rings is 2. The minimum absolute atomic E-state index is 0.175. The summed E-state index contributed by atoms with van der Waals surface area (Å²) in [5.41, 5.74) is 8.79. The molecule has 188 valence electrons. The Kier molecular flexibility index (Phi) is 7.34. The summed E-state index contributed by atoms with van der Waals surface area (Å²) in [6.07, 6.45) is 12.6. The van der Waals surface area contributed by atoms with Crippen molar-refractivity contribution in [2.45, 2.75) is 35.6 Å². The fourth-order valence-corrected chi connectivity index (χ4v) is 6.21. The minimum atomic E-state index is -3.70. The van der Waals surface area contributed by atoms with Crippen molar-refractivity contribution in [3.63, 3.8) is 0 Å². The number of sulfone groups is 1. The number of pyridine rings is 1. The van der Waals surface area contributed by atoms with Gasteiger partial charge in [-0.2, -0.15) is 0 Å². The van der Waals surface area contributed by atoms with Crippen LogP contribution in [0.25, 0.3) is 10.1 Å². The molecular formula is C28H26N4O3S2. The SMILES string of the molecule is O=C(NCc1ccc(S(=O)(=O)c2cccc(NNC3=CC=CCCC3)c2)cc1)c1cc2ccncc2s1. The standard InChI is InChI=1S/C28H26N4O3S2/c33-28(26-16-21-14-15-29-19-27(21)36-26)30-18-20-10-12-24(13-11-20)37(34,35)25-9-5-8-23(17-25)32-31-22-6-3-1-2-4-7-22/h1,3,5-6,8-17,19,31-32H,2,4,7,18H2,(H,30,33). The monoisotopic (exact) mass is 530 g/mol. The van der Waals surface area contributed by atoms with Crippen LogP contribution >= 0.6 is 11.3 Å². The van der Waals surface area contributed by atoms with Crippen LogP contribution < -0.4 is 16.2 Å². The average molecular weight is 531 g/mol. The highest BCUT2D eigenvalue weighted by Gasteiger charge is 2.18. The Labute approximate surface area is 219 Å². The van der Waals surface area contributed by atoms with Crippen LogP contribution in [0.5, 0.6) is 0 Å². The highest BCUT2D eigenvalue weighted by molar-refractivity contribution is 7.91. The van der Waals surface area contributed by atoms with E-state index in [4.69, 9.17) is 0 Å². The summed E-state index contributed by atoms with van der Waals surface area (Å²) in [5.74, 6) is -0.175. The first-order chi connectivity index (χ1) is 18.0. The number of carbonyl (C=O) groups is 1. The molecule has 0 spiro atoms. The normalized spacial score (nSPS) is 13.6. The molecule has 0 bridgehead atoms. The molecule has 3 N–H and O–H groups in total. The number of nitrogens with zero attached hydrogens (tertiary/aromatic N) is 1. The van der Waals surface area contributed by atoms with Crippen LogP contribution in [0.3, 0.4) is 0 Å². The lowest BCUT2D eigenvalue weighted by Gasteiger charge is -2.13. The minimum Gasteiger partial charge on any atom is -0.347 e. The van der Waals surface area contributed by atoms with Crippen LogP contribution in [0.1, 0.15) is 34.5 Å². The predicted molar refractivity (Wildman–Crippen MR) is 147 cm³/mol. The zero-order valence-electron chi connectivity index (χ0n) is 20.0. The topological polar surface area (TPSA) is 100 Å². The number of hydrogen-bond donors (Lipinski definition) is 3. The maximum atomic E-state index is 13.2. The maximum Gasteiger partial charge on any atom is 0.261 e. The summed E-state index contributed by atoms with van der Waals surface area (Å²) in [5, 5.41) is 3.88. The molecule has 2 aromatic carbocycles. The Morgan fingerprint density at radius 1 is 1.00 bits per heavy atom. The van der Waals surface area contributed by atoms with Crippen LogP contribution in [0.2, 0.25) is 0 Å². The number of hydrazine groups is 1.